The molecule has 0 spiro atoms. The Labute approximate surface area is 101 Å². The van der Waals surface area contributed by atoms with Crippen LogP contribution in [0.1, 0.15) is 24.8 Å². The van der Waals surface area contributed by atoms with Gasteiger partial charge in [0, 0.05) is 19.3 Å². The highest BCUT2D eigenvalue weighted by Crippen LogP contribution is 2.23. The number of benzene rings is 1. The summed E-state index contributed by atoms with van der Waals surface area (Å²) >= 11 is 0. The molecule has 1 atom stereocenters. The molecule has 0 aromatic heterocycles. The van der Waals surface area contributed by atoms with Crippen LogP contribution in [0.5, 0.6) is 0 Å². The topological polar surface area (TPSA) is 43.4 Å². The molecule has 3 nitrogen and oxygen atoms in total. The van der Waals surface area contributed by atoms with E-state index in [-0.39, 0.29) is 17.7 Å². The third kappa shape index (κ3) is 3.41. The first-order valence-corrected chi connectivity index (χ1v) is 5.98. The van der Waals surface area contributed by atoms with E-state index in [0.29, 0.717) is 25.9 Å². The predicted molar refractivity (Wildman–Crippen MR) is 63.5 cm³/mol. The fourth-order valence-corrected chi connectivity index (χ4v) is 2.05. The number of ketones is 1. The zero-order chi connectivity index (χ0) is 12.1. The molecule has 0 saturated heterocycles. The normalized spacial score (nSPS) is 19.3. The Morgan fingerprint density at radius 1 is 1.29 bits per heavy atom. The van der Waals surface area contributed by atoms with E-state index in [0.717, 1.165) is 12.0 Å². The van der Waals surface area contributed by atoms with E-state index in [1.807, 2.05) is 30.3 Å². The average molecular weight is 232 g/mol. The van der Waals surface area contributed by atoms with Crippen molar-refractivity contribution in [2.45, 2.75) is 25.7 Å². The molecular formula is C14H16O3. The molecule has 0 amide bonds. The lowest BCUT2D eigenvalue weighted by Crippen LogP contribution is -2.16. The van der Waals surface area contributed by atoms with Gasteiger partial charge in [0.05, 0.1) is 12.5 Å². The molecule has 1 fully saturated rings. The number of carbonyl (C=O) groups is 2. The molecular weight excluding hydrogens is 216 g/mol. The molecule has 0 bridgehead atoms. The Bertz CT molecular complexity index is 397. The van der Waals surface area contributed by atoms with Gasteiger partial charge >= 0.3 is 5.97 Å². The van der Waals surface area contributed by atoms with Crippen molar-refractivity contribution < 1.29 is 14.3 Å². The second kappa shape index (κ2) is 5.62. The molecule has 0 N–H and O–H groups in total. The quantitative estimate of drug-likeness (QED) is 0.747. The van der Waals surface area contributed by atoms with Crippen molar-refractivity contribution in [2.24, 2.45) is 5.92 Å². The Kier molecular flexibility index (Phi) is 3.91. The van der Waals surface area contributed by atoms with Crippen LogP contribution >= 0.6 is 0 Å². The predicted octanol–water partition coefficient (Wildman–Crippen LogP) is 2.14. The third-order valence-electron chi connectivity index (χ3n) is 3.06. The van der Waals surface area contributed by atoms with Crippen LogP contribution < -0.4 is 0 Å². The second-order valence-electron chi connectivity index (χ2n) is 4.38. The maximum absolute atomic E-state index is 11.6. The van der Waals surface area contributed by atoms with Crippen molar-refractivity contribution in [3.05, 3.63) is 35.9 Å². The Morgan fingerprint density at radius 3 is 2.71 bits per heavy atom. The number of ether oxygens (including phenoxy) is 1. The summed E-state index contributed by atoms with van der Waals surface area (Å²) in [6, 6.07) is 9.90. The van der Waals surface area contributed by atoms with Crippen molar-refractivity contribution in [1.29, 1.82) is 0 Å². The van der Waals surface area contributed by atoms with Crippen LogP contribution in [0.2, 0.25) is 0 Å². The molecule has 1 aliphatic rings. The largest absolute Gasteiger partial charge is 0.465 e. The van der Waals surface area contributed by atoms with Crippen molar-refractivity contribution in [3.63, 3.8) is 0 Å². The Morgan fingerprint density at radius 2 is 2.06 bits per heavy atom. The molecule has 0 heterocycles. The standard InChI is InChI=1S/C14H16O3/c15-13-7-6-12(10-13)14(16)17-9-8-11-4-2-1-3-5-11/h1-5,12H,6-10H2/t12-/m0/s1. The van der Waals surface area contributed by atoms with Crippen LogP contribution in [-0.4, -0.2) is 18.4 Å². The first-order chi connectivity index (χ1) is 8.25. The van der Waals surface area contributed by atoms with Gasteiger partial charge in [0.2, 0.25) is 0 Å². The van der Waals surface area contributed by atoms with E-state index in [4.69, 9.17) is 4.74 Å². The minimum absolute atomic E-state index is 0.176. The molecule has 1 aliphatic carbocycles. The first-order valence-electron chi connectivity index (χ1n) is 5.98. The van der Waals surface area contributed by atoms with E-state index in [1.54, 1.807) is 0 Å². The summed E-state index contributed by atoms with van der Waals surface area (Å²) in [5, 5.41) is 0. The average Bonchev–Trinajstić information content (AvgIpc) is 2.77. The number of rotatable bonds is 4. The van der Waals surface area contributed by atoms with Gasteiger partial charge in [-0.25, -0.2) is 0 Å². The van der Waals surface area contributed by atoms with Crippen LogP contribution in [0.4, 0.5) is 0 Å². The van der Waals surface area contributed by atoms with E-state index in [2.05, 4.69) is 0 Å². The highest BCUT2D eigenvalue weighted by atomic mass is 16.5. The summed E-state index contributed by atoms with van der Waals surface area (Å²) < 4.78 is 5.19. The zero-order valence-electron chi connectivity index (χ0n) is 9.72. The minimum atomic E-state index is -0.216. The third-order valence-corrected chi connectivity index (χ3v) is 3.06. The lowest BCUT2D eigenvalue weighted by atomic mass is 10.1. The molecule has 0 radical (unpaired) electrons. The number of Topliss-reactive ketones (excluding diaryl/α,β-unsaturated/α-hetero) is 1. The van der Waals surface area contributed by atoms with Crippen LogP contribution in [0.15, 0.2) is 30.3 Å². The van der Waals surface area contributed by atoms with Gasteiger partial charge in [0.1, 0.15) is 5.78 Å². The van der Waals surface area contributed by atoms with Crippen molar-refractivity contribution in [2.75, 3.05) is 6.61 Å². The number of carbonyl (C=O) groups excluding carboxylic acids is 2. The number of hydrogen-bond acceptors (Lipinski definition) is 3. The fourth-order valence-electron chi connectivity index (χ4n) is 2.05. The van der Waals surface area contributed by atoms with E-state index in [9.17, 15) is 9.59 Å². The summed E-state index contributed by atoms with van der Waals surface area (Å²) in [6.45, 7) is 0.396. The molecule has 1 saturated carbocycles. The Hall–Kier alpha value is -1.64. The molecule has 90 valence electrons. The van der Waals surface area contributed by atoms with Crippen LogP contribution in [0, 0.1) is 5.92 Å². The summed E-state index contributed by atoms with van der Waals surface area (Å²) in [5.41, 5.74) is 1.16. The van der Waals surface area contributed by atoms with E-state index in [1.165, 1.54) is 0 Å². The van der Waals surface area contributed by atoms with E-state index < -0.39 is 0 Å². The molecule has 17 heavy (non-hydrogen) atoms. The van der Waals surface area contributed by atoms with Crippen LogP contribution in [0.3, 0.4) is 0 Å². The van der Waals surface area contributed by atoms with Gasteiger partial charge in [-0.3, -0.25) is 9.59 Å². The molecule has 0 aliphatic heterocycles. The summed E-state index contributed by atoms with van der Waals surface area (Å²) in [6.07, 6.45) is 2.28. The lowest BCUT2D eigenvalue weighted by Gasteiger charge is -2.08. The van der Waals surface area contributed by atoms with Gasteiger partial charge in [-0.15, -0.1) is 0 Å². The monoisotopic (exact) mass is 232 g/mol. The molecule has 1 aromatic carbocycles. The summed E-state index contributed by atoms with van der Waals surface area (Å²) in [7, 11) is 0. The van der Waals surface area contributed by atoms with Gasteiger partial charge in [0.15, 0.2) is 0 Å². The summed E-state index contributed by atoms with van der Waals surface area (Å²) in [5.74, 6) is -0.236. The number of hydrogen-bond donors (Lipinski definition) is 0. The first kappa shape index (κ1) is 11.8. The fraction of sp³-hybridized carbons (Fsp3) is 0.429. The highest BCUT2D eigenvalue weighted by Gasteiger charge is 2.29. The smallest absolute Gasteiger partial charge is 0.309 e. The van der Waals surface area contributed by atoms with Gasteiger partial charge in [0.25, 0.3) is 0 Å². The molecule has 3 heteroatoms. The maximum atomic E-state index is 11.6. The SMILES string of the molecule is O=C1CC[C@H](C(=O)OCCc2ccccc2)C1. The van der Waals surface area contributed by atoms with Crippen molar-refractivity contribution >= 4 is 11.8 Å². The zero-order valence-corrected chi connectivity index (χ0v) is 9.72. The van der Waals surface area contributed by atoms with Crippen molar-refractivity contribution in [1.82, 2.24) is 0 Å². The highest BCUT2D eigenvalue weighted by molar-refractivity contribution is 5.87. The van der Waals surface area contributed by atoms with Gasteiger partial charge in [-0.2, -0.15) is 0 Å². The summed E-state index contributed by atoms with van der Waals surface area (Å²) in [4.78, 5) is 22.7. The van der Waals surface area contributed by atoms with Gasteiger partial charge in [-0.05, 0) is 12.0 Å². The van der Waals surface area contributed by atoms with Gasteiger partial charge < -0.3 is 4.74 Å². The van der Waals surface area contributed by atoms with E-state index >= 15 is 0 Å². The maximum Gasteiger partial charge on any atom is 0.309 e. The Balaban J connectivity index is 1.72. The van der Waals surface area contributed by atoms with Crippen LogP contribution in [0.25, 0.3) is 0 Å². The second-order valence-corrected chi connectivity index (χ2v) is 4.38. The van der Waals surface area contributed by atoms with Crippen molar-refractivity contribution in [3.8, 4) is 0 Å². The number of esters is 1. The molecule has 2 rings (SSSR count). The van der Waals surface area contributed by atoms with Crippen LogP contribution in [-0.2, 0) is 20.7 Å². The lowest BCUT2D eigenvalue weighted by molar-refractivity contribution is -0.148. The molecule has 0 unspecified atom stereocenters. The van der Waals surface area contributed by atoms with Gasteiger partial charge in [-0.1, -0.05) is 30.3 Å². The molecule has 1 aromatic rings. The minimum Gasteiger partial charge on any atom is -0.465 e.